The van der Waals surface area contributed by atoms with Crippen LogP contribution in [0.4, 0.5) is 26.1 Å². The van der Waals surface area contributed by atoms with Crippen LogP contribution in [0.2, 0.25) is 0 Å². The molecule has 0 amide bonds. The van der Waals surface area contributed by atoms with Gasteiger partial charge in [-0.1, -0.05) is 0 Å². The number of alkyl halides is 5. The largest absolute Gasteiger partial charge is 0.517 e. The summed E-state index contributed by atoms with van der Waals surface area (Å²) in [5.74, 6) is 0. The Morgan fingerprint density at radius 1 is 1.21 bits per heavy atom. The molecule has 0 aromatic rings. The van der Waals surface area contributed by atoms with Gasteiger partial charge in [0.15, 0.2) is 0 Å². The quantitative estimate of drug-likeness (QED) is 0.564. The lowest BCUT2D eigenvalue weighted by atomic mass is 10.4. The molecule has 1 atom stereocenters. The van der Waals surface area contributed by atoms with E-state index in [1.165, 1.54) is 0 Å². The fourth-order valence-corrected chi connectivity index (χ4v) is 0.921. The van der Waals surface area contributed by atoms with Crippen molar-refractivity contribution < 1.29 is 39.8 Å². The molecule has 0 heterocycles. The third-order valence-electron chi connectivity index (χ3n) is 0.867. The molecule has 3 nitrogen and oxygen atoms in total. The molecule has 0 bridgehead atoms. The summed E-state index contributed by atoms with van der Waals surface area (Å²) < 4.78 is 86.9. The molecule has 0 radical (unpaired) electrons. The minimum atomic E-state index is -5.63. The monoisotopic (exact) mass is 246 g/mol. The van der Waals surface area contributed by atoms with Gasteiger partial charge in [0.1, 0.15) is 6.42 Å². The van der Waals surface area contributed by atoms with Crippen molar-refractivity contribution >= 4 is 7.91 Å². The van der Waals surface area contributed by atoms with Crippen molar-refractivity contribution in [1.82, 2.24) is 0 Å². The van der Waals surface area contributed by atoms with E-state index >= 15 is 0 Å². The number of hydrogen-bond acceptors (Lipinski definition) is 3. The van der Waals surface area contributed by atoms with Crippen LogP contribution in [0.3, 0.4) is 0 Å². The van der Waals surface area contributed by atoms with Gasteiger partial charge in [0.2, 0.25) is 0 Å². The van der Waals surface area contributed by atoms with E-state index in [1.54, 1.807) is 0 Å². The average molecular weight is 246 g/mol. The van der Waals surface area contributed by atoms with E-state index in [0.717, 1.165) is 0 Å². The molecule has 14 heavy (non-hydrogen) atoms. The summed E-state index contributed by atoms with van der Waals surface area (Å²) in [4.78, 5) is 0. The lowest BCUT2D eigenvalue weighted by Gasteiger charge is -2.18. The summed E-state index contributed by atoms with van der Waals surface area (Å²) >= 11 is 0. The maximum absolute atomic E-state index is 12.2. The Hall–Kier alpha value is -0.270. The second-order valence-corrected chi connectivity index (χ2v) is 3.54. The number of halogens is 6. The van der Waals surface area contributed by atoms with Gasteiger partial charge in [-0.25, -0.2) is 9.09 Å². The molecule has 0 fully saturated rings. The molecule has 0 aliphatic carbocycles. The second kappa shape index (κ2) is 4.08. The zero-order valence-electron chi connectivity index (χ0n) is 6.65. The number of hydrogen-bond donors (Lipinski definition) is 0. The van der Waals surface area contributed by atoms with Gasteiger partial charge in [-0.2, -0.15) is 22.0 Å². The third-order valence-corrected chi connectivity index (χ3v) is 1.79. The van der Waals surface area contributed by atoms with Gasteiger partial charge >= 0.3 is 20.2 Å². The van der Waals surface area contributed by atoms with Gasteiger partial charge in [-0.05, 0) is 0 Å². The highest BCUT2D eigenvalue weighted by atomic mass is 31.2. The van der Waals surface area contributed by atoms with Crippen LogP contribution in [0.5, 0.6) is 0 Å². The lowest BCUT2D eigenvalue weighted by Crippen LogP contribution is -2.27. The van der Waals surface area contributed by atoms with Crippen LogP contribution in [0.15, 0.2) is 0 Å². The third kappa shape index (κ3) is 6.22. The van der Waals surface area contributed by atoms with Gasteiger partial charge in [-0.15, -0.1) is 4.20 Å². The summed E-state index contributed by atoms with van der Waals surface area (Å²) in [5.41, 5.74) is 0. The van der Waals surface area contributed by atoms with Crippen LogP contribution in [0.25, 0.3) is 0 Å². The van der Waals surface area contributed by atoms with Crippen LogP contribution >= 0.6 is 7.91 Å². The molecule has 0 aliphatic rings. The summed E-state index contributed by atoms with van der Waals surface area (Å²) in [6.07, 6.45) is -12.9. The normalized spacial score (nSPS) is 17.9. The van der Waals surface area contributed by atoms with Crippen LogP contribution < -0.4 is 0 Å². The van der Waals surface area contributed by atoms with Gasteiger partial charge in [-0.3, -0.25) is 4.52 Å². The van der Waals surface area contributed by atoms with Gasteiger partial charge < -0.3 is 0 Å². The Kier molecular flexibility index (Phi) is 4.00. The zero-order chi connectivity index (χ0) is 11.6. The Balaban J connectivity index is 4.43. The van der Waals surface area contributed by atoms with Gasteiger partial charge in [0.25, 0.3) is 0 Å². The first-order valence-corrected chi connectivity index (χ1v) is 4.41. The maximum atomic E-state index is 12.2. The van der Waals surface area contributed by atoms with Crippen molar-refractivity contribution in [3.8, 4) is 0 Å². The molecular formula is C4H5F6O3P. The second-order valence-electron chi connectivity index (χ2n) is 2.13. The van der Waals surface area contributed by atoms with E-state index in [1.807, 2.05) is 0 Å². The molecule has 1 unspecified atom stereocenters. The maximum Gasteiger partial charge on any atom is 0.517 e. The topological polar surface area (TPSA) is 35.5 Å². The van der Waals surface area contributed by atoms with Gasteiger partial charge in [0, 0.05) is 7.11 Å². The molecule has 0 saturated heterocycles. The molecule has 0 N–H and O–H groups in total. The van der Waals surface area contributed by atoms with Crippen molar-refractivity contribution in [1.29, 1.82) is 0 Å². The smallest absolute Gasteiger partial charge is 0.287 e. The molecule has 10 heteroatoms. The Labute approximate surface area is 74.6 Å². The number of rotatable bonds is 4. The Morgan fingerprint density at radius 2 is 1.64 bits per heavy atom. The van der Waals surface area contributed by atoms with Crippen LogP contribution in [-0.2, 0) is 13.6 Å². The van der Waals surface area contributed by atoms with Crippen molar-refractivity contribution in [3.05, 3.63) is 0 Å². The van der Waals surface area contributed by atoms with Crippen LogP contribution in [0.1, 0.15) is 6.42 Å². The first-order chi connectivity index (χ1) is 5.97. The minimum absolute atomic E-state index is 0.421. The Bertz CT molecular complexity index is 238. The van der Waals surface area contributed by atoms with Crippen molar-refractivity contribution in [3.63, 3.8) is 0 Å². The minimum Gasteiger partial charge on any atom is -0.287 e. The summed E-state index contributed by atoms with van der Waals surface area (Å²) in [6.45, 7) is 0. The van der Waals surface area contributed by atoms with E-state index in [9.17, 15) is 30.7 Å². The Morgan fingerprint density at radius 3 is 1.93 bits per heavy atom. The molecule has 86 valence electrons. The van der Waals surface area contributed by atoms with Crippen molar-refractivity contribution in [2.75, 3.05) is 7.11 Å². The predicted octanol–water partition coefficient (Wildman–Crippen LogP) is 3.27. The summed E-state index contributed by atoms with van der Waals surface area (Å²) in [7, 11) is -5.21. The highest BCUT2D eigenvalue weighted by Crippen LogP contribution is 2.54. The molecule has 0 aromatic carbocycles. The van der Waals surface area contributed by atoms with E-state index in [4.69, 9.17) is 0 Å². The van der Waals surface area contributed by atoms with E-state index in [-0.39, 0.29) is 0 Å². The standard InChI is InChI=1S/C4H5F6O3P/c1-12-14(10,11)13-4(8,9)2-3(5,6)7/h2H2,1H3. The van der Waals surface area contributed by atoms with Crippen LogP contribution in [0, 0.1) is 0 Å². The van der Waals surface area contributed by atoms with E-state index in [2.05, 4.69) is 9.05 Å². The first kappa shape index (κ1) is 13.7. The lowest BCUT2D eigenvalue weighted by molar-refractivity contribution is -0.259. The molecule has 0 rings (SSSR count). The van der Waals surface area contributed by atoms with Crippen molar-refractivity contribution in [2.45, 2.75) is 18.7 Å². The molecule has 0 spiro atoms. The fraction of sp³-hybridized carbons (Fsp3) is 1.00. The van der Waals surface area contributed by atoms with Crippen molar-refractivity contribution in [2.24, 2.45) is 0 Å². The summed E-state index contributed by atoms with van der Waals surface area (Å²) in [6, 6.07) is 0. The summed E-state index contributed by atoms with van der Waals surface area (Å²) in [5, 5.41) is 0. The molecule has 0 saturated carbocycles. The average Bonchev–Trinajstić information content (AvgIpc) is 1.78. The first-order valence-electron chi connectivity index (χ1n) is 2.98. The molecule has 0 aliphatic heterocycles. The highest BCUT2D eigenvalue weighted by Gasteiger charge is 2.49. The SMILES string of the molecule is COP(=O)(F)OC(F)(F)CC(F)(F)F. The highest BCUT2D eigenvalue weighted by molar-refractivity contribution is 7.48. The van der Waals surface area contributed by atoms with E-state index in [0.29, 0.717) is 7.11 Å². The van der Waals surface area contributed by atoms with Gasteiger partial charge in [0.05, 0.1) is 0 Å². The molecule has 0 aromatic heterocycles. The van der Waals surface area contributed by atoms with E-state index < -0.39 is 26.6 Å². The molecular weight excluding hydrogens is 241 g/mol. The zero-order valence-corrected chi connectivity index (χ0v) is 7.54. The fourth-order valence-electron chi connectivity index (χ4n) is 0.462. The predicted molar refractivity (Wildman–Crippen MR) is 32.4 cm³/mol. The van der Waals surface area contributed by atoms with Crippen LogP contribution in [-0.4, -0.2) is 19.4 Å².